The van der Waals surface area contributed by atoms with E-state index in [0.717, 1.165) is 37.6 Å². The lowest BCUT2D eigenvalue weighted by molar-refractivity contribution is -0.384. The van der Waals surface area contributed by atoms with Crippen LogP contribution in [0.3, 0.4) is 0 Å². The number of nitro groups is 1. The van der Waals surface area contributed by atoms with Crippen LogP contribution in [0.4, 0.5) is 17.2 Å². The number of hydrogen-bond acceptors (Lipinski definition) is 7. The number of pyridine rings is 1. The second kappa shape index (κ2) is 9.83. The Hall–Kier alpha value is -3.20. The Morgan fingerprint density at radius 1 is 1.17 bits per heavy atom. The SMILES string of the molecule is CN1CCN(c2ccc(CNC(=O)CCNc3ccccc3[N+](=O)[O-])cn2)CC1. The monoisotopic (exact) mass is 398 g/mol. The number of anilines is 2. The Morgan fingerprint density at radius 3 is 2.62 bits per heavy atom. The van der Waals surface area contributed by atoms with Crippen molar-refractivity contribution in [3.8, 4) is 0 Å². The quantitative estimate of drug-likeness (QED) is 0.517. The molecular weight excluding hydrogens is 372 g/mol. The summed E-state index contributed by atoms with van der Waals surface area (Å²) in [6, 6.07) is 10.4. The van der Waals surface area contributed by atoms with Gasteiger partial charge in [-0.05, 0) is 24.7 Å². The molecule has 1 fully saturated rings. The summed E-state index contributed by atoms with van der Waals surface area (Å²) in [7, 11) is 2.12. The number of nitrogens with one attached hydrogen (secondary N) is 2. The van der Waals surface area contributed by atoms with Gasteiger partial charge in [0.05, 0.1) is 4.92 Å². The summed E-state index contributed by atoms with van der Waals surface area (Å²) >= 11 is 0. The van der Waals surface area contributed by atoms with E-state index in [1.807, 2.05) is 12.1 Å². The zero-order valence-electron chi connectivity index (χ0n) is 16.5. The van der Waals surface area contributed by atoms with Crippen LogP contribution >= 0.6 is 0 Å². The summed E-state index contributed by atoms with van der Waals surface area (Å²) in [6.07, 6.45) is 2.01. The second-order valence-corrected chi connectivity index (χ2v) is 7.04. The molecule has 2 heterocycles. The van der Waals surface area contributed by atoms with Gasteiger partial charge in [0.15, 0.2) is 0 Å². The van der Waals surface area contributed by atoms with Crippen LogP contribution in [-0.2, 0) is 11.3 Å². The number of likely N-dealkylation sites (N-methyl/N-ethyl adjacent to an activating group) is 1. The Morgan fingerprint density at radius 2 is 1.93 bits per heavy atom. The number of hydrogen-bond donors (Lipinski definition) is 2. The molecule has 0 spiro atoms. The van der Waals surface area contributed by atoms with Crippen molar-refractivity contribution < 1.29 is 9.72 Å². The van der Waals surface area contributed by atoms with Crippen molar-refractivity contribution in [2.45, 2.75) is 13.0 Å². The number of nitrogens with zero attached hydrogens (tertiary/aromatic N) is 4. The van der Waals surface area contributed by atoms with E-state index < -0.39 is 4.92 Å². The Kier molecular flexibility index (Phi) is 6.96. The maximum absolute atomic E-state index is 12.1. The zero-order valence-corrected chi connectivity index (χ0v) is 16.5. The van der Waals surface area contributed by atoms with Crippen molar-refractivity contribution in [2.24, 2.45) is 0 Å². The highest BCUT2D eigenvalue weighted by Gasteiger charge is 2.15. The third kappa shape index (κ3) is 5.89. The summed E-state index contributed by atoms with van der Waals surface area (Å²) in [5.74, 6) is 0.834. The van der Waals surface area contributed by atoms with Crippen LogP contribution in [0.15, 0.2) is 42.6 Å². The fraction of sp³-hybridized carbons (Fsp3) is 0.400. The van der Waals surface area contributed by atoms with Crippen molar-refractivity contribution in [1.82, 2.24) is 15.2 Å². The average molecular weight is 398 g/mol. The van der Waals surface area contributed by atoms with E-state index in [1.165, 1.54) is 6.07 Å². The van der Waals surface area contributed by atoms with E-state index in [1.54, 1.807) is 24.4 Å². The van der Waals surface area contributed by atoms with Crippen LogP contribution in [0.2, 0.25) is 0 Å². The van der Waals surface area contributed by atoms with Gasteiger partial charge in [-0.3, -0.25) is 14.9 Å². The molecule has 0 aliphatic carbocycles. The molecule has 3 rings (SSSR count). The fourth-order valence-electron chi connectivity index (χ4n) is 3.13. The molecule has 0 radical (unpaired) electrons. The molecule has 0 saturated carbocycles. The van der Waals surface area contributed by atoms with Crippen molar-refractivity contribution in [3.05, 3.63) is 58.3 Å². The van der Waals surface area contributed by atoms with Gasteiger partial charge in [0.25, 0.3) is 5.69 Å². The van der Waals surface area contributed by atoms with Gasteiger partial charge in [-0.1, -0.05) is 18.2 Å². The molecule has 2 aromatic rings. The highest BCUT2D eigenvalue weighted by molar-refractivity contribution is 5.76. The molecule has 1 aromatic carbocycles. The minimum absolute atomic E-state index is 0.000535. The summed E-state index contributed by atoms with van der Waals surface area (Å²) in [6.45, 7) is 4.70. The maximum Gasteiger partial charge on any atom is 0.292 e. The predicted octanol–water partition coefficient (Wildman–Crippen LogP) is 1.86. The standard InChI is InChI=1S/C20H26N6O3/c1-24-10-12-25(13-11-24)19-7-6-16(14-22-19)15-23-20(27)8-9-21-17-4-2-3-5-18(17)26(28)29/h2-7,14,21H,8-13,15H2,1H3,(H,23,27). The van der Waals surface area contributed by atoms with Gasteiger partial charge >= 0.3 is 0 Å². The number of amides is 1. The smallest absolute Gasteiger partial charge is 0.292 e. The molecule has 29 heavy (non-hydrogen) atoms. The molecule has 0 bridgehead atoms. The number of piperazine rings is 1. The molecule has 1 aliphatic rings. The van der Waals surface area contributed by atoms with Crippen molar-refractivity contribution in [3.63, 3.8) is 0 Å². The summed E-state index contributed by atoms with van der Waals surface area (Å²) < 4.78 is 0. The van der Waals surface area contributed by atoms with Crippen LogP contribution in [0.25, 0.3) is 0 Å². The van der Waals surface area contributed by atoms with Gasteiger partial charge in [-0.25, -0.2) is 4.98 Å². The minimum atomic E-state index is -0.443. The topological polar surface area (TPSA) is 104 Å². The number of carbonyl (C=O) groups is 1. The first-order valence-corrected chi connectivity index (χ1v) is 9.65. The molecule has 0 unspecified atom stereocenters. The number of para-hydroxylation sites is 2. The lowest BCUT2D eigenvalue weighted by atomic mass is 10.2. The number of benzene rings is 1. The number of carbonyl (C=O) groups excluding carboxylic acids is 1. The van der Waals surface area contributed by atoms with Gasteiger partial charge < -0.3 is 20.4 Å². The largest absolute Gasteiger partial charge is 0.379 e. The molecule has 0 atom stereocenters. The molecular formula is C20H26N6O3. The van der Waals surface area contributed by atoms with Crippen molar-refractivity contribution in [2.75, 3.05) is 50.0 Å². The van der Waals surface area contributed by atoms with Gasteiger partial charge in [0.2, 0.25) is 5.91 Å². The Labute approximate surface area is 169 Å². The average Bonchev–Trinajstić information content (AvgIpc) is 2.73. The number of nitro benzene ring substituents is 1. The lowest BCUT2D eigenvalue weighted by Gasteiger charge is -2.33. The summed E-state index contributed by atoms with van der Waals surface area (Å²) in [5.41, 5.74) is 1.34. The molecule has 1 aromatic heterocycles. The van der Waals surface area contributed by atoms with Gasteiger partial charge in [0, 0.05) is 58.0 Å². The van der Waals surface area contributed by atoms with Crippen LogP contribution in [0.5, 0.6) is 0 Å². The molecule has 154 valence electrons. The van der Waals surface area contributed by atoms with E-state index in [0.29, 0.717) is 18.8 Å². The first-order valence-electron chi connectivity index (χ1n) is 9.65. The van der Waals surface area contributed by atoms with E-state index in [9.17, 15) is 14.9 Å². The van der Waals surface area contributed by atoms with E-state index >= 15 is 0 Å². The van der Waals surface area contributed by atoms with Crippen LogP contribution < -0.4 is 15.5 Å². The lowest BCUT2D eigenvalue weighted by Crippen LogP contribution is -2.44. The van der Waals surface area contributed by atoms with Gasteiger partial charge in [0.1, 0.15) is 11.5 Å². The van der Waals surface area contributed by atoms with E-state index in [4.69, 9.17) is 0 Å². The van der Waals surface area contributed by atoms with Crippen molar-refractivity contribution in [1.29, 1.82) is 0 Å². The first kappa shape index (κ1) is 20.5. The molecule has 9 nitrogen and oxygen atoms in total. The summed E-state index contributed by atoms with van der Waals surface area (Å²) in [5, 5.41) is 16.8. The Bertz CT molecular complexity index is 834. The molecule has 1 saturated heterocycles. The highest BCUT2D eigenvalue weighted by atomic mass is 16.6. The first-order chi connectivity index (χ1) is 14.0. The third-order valence-corrected chi connectivity index (χ3v) is 4.89. The van der Waals surface area contributed by atoms with E-state index in [2.05, 4.69) is 32.5 Å². The minimum Gasteiger partial charge on any atom is -0.379 e. The fourth-order valence-corrected chi connectivity index (χ4v) is 3.13. The van der Waals surface area contributed by atoms with Gasteiger partial charge in [-0.2, -0.15) is 0 Å². The maximum atomic E-state index is 12.1. The normalized spacial score (nSPS) is 14.4. The molecule has 9 heteroatoms. The third-order valence-electron chi connectivity index (χ3n) is 4.89. The zero-order chi connectivity index (χ0) is 20.6. The second-order valence-electron chi connectivity index (χ2n) is 7.04. The summed E-state index contributed by atoms with van der Waals surface area (Å²) in [4.78, 5) is 31.7. The van der Waals surface area contributed by atoms with Gasteiger partial charge in [-0.15, -0.1) is 0 Å². The van der Waals surface area contributed by atoms with Crippen LogP contribution in [0.1, 0.15) is 12.0 Å². The van der Waals surface area contributed by atoms with E-state index in [-0.39, 0.29) is 18.0 Å². The number of rotatable bonds is 8. The molecule has 1 aliphatic heterocycles. The Balaban J connectivity index is 1.41. The van der Waals surface area contributed by atoms with Crippen LogP contribution in [0, 0.1) is 10.1 Å². The van der Waals surface area contributed by atoms with Crippen LogP contribution in [-0.4, -0.2) is 60.5 Å². The molecule has 2 N–H and O–H groups in total. The number of aromatic nitrogens is 1. The molecule has 1 amide bonds. The predicted molar refractivity (Wildman–Crippen MR) is 112 cm³/mol. The van der Waals surface area contributed by atoms with Crippen molar-refractivity contribution >= 4 is 23.1 Å². The highest BCUT2D eigenvalue weighted by Crippen LogP contribution is 2.22.